The lowest BCUT2D eigenvalue weighted by Gasteiger charge is -2.35. The van der Waals surface area contributed by atoms with Crippen LogP contribution in [0.2, 0.25) is 0 Å². The van der Waals surface area contributed by atoms with Crippen LogP contribution in [0.3, 0.4) is 0 Å². The highest BCUT2D eigenvalue weighted by molar-refractivity contribution is 7.98. The SMILES string of the molecule is CSc1ccc(S(=O)(=O)C[C@@H]2CC[C@@H](N)C[C@@H]2NC(=O)CNC(=O)N(C(=O)O)c2ccc(C(F)(F)F)cc2)cc1. The van der Waals surface area contributed by atoms with Crippen LogP contribution in [0, 0.1) is 5.92 Å². The van der Waals surface area contributed by atoms with Crippen molar-refractivity contribution in [2.75, 3.05) is 23.5 Å². The van der Waals surface area contributed by atoms with Gasteiger partial charge in [-0.3, -0.25) is 4.79 Å². The number of halogens is 3. The summed E-state index contributed by atoms with van der Waals surface area (Å²) in [4.78, 5) is 38.0. The molecular formula is C25H29F3N4O6S2. The van der Waals surface area contributed by atoms with E-state index in [0.29, 0.717) is 31.4 Å². The van der Waals surface area contributed by atoms with Gasteiger partial charge in [-0.25, -0.2) is 18.0 Å². The van der Waals surface area contributed by atoms with Crippen LogP contribution in [0.4, 0.5) is 28.4 Å². The number of sulfone groups is 1. The number of benzene rings is 2. The van der Waals surface area contributed by atoms with Crippen LogP contribution in [-0.4, -0.2) is 62.2 Å². The zero-order valence-corrected chi connectivity index (χ0v) is 23.0. The molecule has 1 saturated carbocycles. The van der Waals surface area contributed by atoms with E-state index in [2.05, 4.69) is 10.6 Å². The van der Waals surface area contributed by atoms with Gasteiger partial charge in [0, 0.05) is 17.0 Å². The molecule has 218 valence electrons. The number of carbonyl (C=O) groups excluding carboxylic acids is 2. The topological polar surface area (TPSA) is 159 Å². The Morgan fingerprint density at radius 1 is 1.07 bits per heavy atom. The number of carbonyl (C=O) groups is 3. The number of carboxylic acid groups (broad SMARTS) is 1. The number of nitrogens with one attached hydrogen (secondary N) is 2. The second kappa shape index (κ2) is 12.9. The Kier molecular flexibility index (Phi) is 10.1. The normalized spacial score (nSPS) is 19.5. The van der Waals surface area contributed by atoms with Crippen molar-refractivity contribution in [2.24, 2.45) is 11.7 Å². The standard InChI is InChI=1S/C25H29F3N4O6S2/c1-39-19-8-10-20(11-9-19)40(37,38)14-15-2-5-17(29)12-21(15)31-22(33)13-30-23(34)32(24(35)36)18-6-3-16(4-7-18)25(26,27)28/h3-4,6-11,15,17,21H,2,5,12-14,29H2,1H3,(H,30,34)(H,31,33)(H,35,36)/t15-,17+,21-/m0/s1. The summed E-state index contributed by atoms with van der Waals surface area (Å²) >= 11 is 1.48. The van der Waals surface area contributed by atoms with E-state index in [-0.39, 0.29) is 27.3 Å². The highest BCUT2D eigenvalue weighted by Gasteiger charge is 2.35. The van der Waals surface area contributed by atoms with Crippen molar-refractivity contribution >= 4 is 45.3 Å². The maximum absolute atomic E-state index is 13.0. The molecule has 0 aliphatic heterocycles. The third kappa shape index (κ3) is 8.11. The minimum Gasteiger partial charge on any atom is -0.464 e. The van der Waals surface area contributed by atoms with E-state index in [9.17, 15) is 41.1 Å². The van der Waals surface area contributed by atoms with E-state index in [1.807, 2.05) is 6.26 Å². The number of amides is 4. The van der Waals surface area contributed by atoms with Crippen LogP contribution in [0.1, 0.15) is 24.8 Å². The summed E-state index contributed by atoms with van der Waals surface area (Å²) in [5, 5.41) is 14.2. The van der Waals surface area contributed by atoms with Crippen LogP contribution < -0.4 is 21.3 Å². The van der Waals surface area contributed by atoms with Gasteiger partial charge >= 0.3 is 18.3 Å². The van der Waals surface area contributed by atoms with Gasteiger partial charge in [0.2, 0.25) is 5.91 Å². The third-order valence-electron chi connectivity index (χ3n) is 6.48. The van der Waals surface area contributed by atoms with E-state index in [0.717, 1.165) is 17.0 Å². The zero-order chi connectivity index (χ0) is 29.7. The molecule has 2 aromatic rings. The first-order chi connectivity index (χ1) is 18.7. The number of hydrogen-bond acceptors (Lipinski definition) is 7. The van der Waals surface area contributed by atoms with Crippen molar-refractivity contribution in [1.29, 1.82) is 0 Å². The quantitative estimate of drug-likeness (QED) is 0.333. The Bertz CT molecular complexity index is 1320. The van der Waals surface area contributed by atoms with Crippen molar-refractivity contribution in [3.63, 3.8) is 0 Å². The second-order valence-corrected chi connectivity index (χ2v) is 12.2. The molecule has 0 saturated heterocycles. The molecule has 0 bridgehead atoms. The summed E-state index contributed by atoms with van der Waals surface area (Å²) in [6, 6.07) is 7.23. The number of rotatable bonds is 8. The van der Waals surface area contributed by atoms with E-state index in [1.54, 1.807) is 12.1 Å². The maximum atomic E-state index is 13.0. The smallest absolute Gasteiger partial charge is 0.420 e. The summed E-state index contributed by atoms with van der Waals surface area (Å²) in [7, 11) is -3.67. The van der Waals surface area contributed by atoms with Crippen LogP contribution in [0.5, 0.6) is 0 Å². The number of alkyl halides is 3. The van der Waals surface area contributed by atoms with Gasteiger partial charge in [-0.2, -0.15) is 18.1 Å². The number of nitrogens with zero attached hydrogens (tertiary/aromatic N) is 1. The molecule has 5 N–H and O–H groups in total. The lowest BCUT2D eigenvalue weighted by Crippen LogP contribution is -2.52. The largest absolute Gasteiger partial charge is 0.464 e. The molecule has 0 heterocycles. The highest BCUT2D eigenvalue weighted by atomic mass is 32.2. The Morgan fingerprint density at radius 2 is 1.70 bits per heavy atom. The highest BCUT2D eigenvalue weighted by Crippen LogP contribution is 2.31. The van der Waals surface area contributed by atoms with Gasteiger partial charge in [0.05, 0.1) is 28.4 Å². The van der Waals surface area contributed by atoms with Crippen molar-refractivity contribution in [2.45, 2.75) is 47.3 Å². The fraction of sp³-hybridized carbons (Fsp3) is 0.400. The molecule has 1 aliphatic rings. The predicted molar refractivity (Wildman–Crippen MR) is 143 cm³/mol. The summed E-state index contributed by atoms with van der Waals surface area (Å²) in [6.07, 6.45) is -3.23. The van der Waals surface area contributed by atoms with Crippen LogP contribution in [0.25, 0.3) is 0 Å². The first-order valence-corrected chi connectivity index (χ1v) is 15.0. The number of urea groups is 1. The number of anilines is 1. The Labute approximate surface area is 233 Å². The van der Waals surface area contributed by atoms with Crippen molar-refractivity contribution in [3.05, 3.63) is 54.1 Å². The molecule has 0 spiro atoms. The summed E-state index contributed by atoms with van der Waals surface area (Å²) in [6.45, 7) is -0.662. The van der Waals surface area contributed by atoms with E-state index in [4.69, 9.17) is 5.73 Å². The molecule has 10 nitrogen and oxygen atoms in total. The second-order valence-electron chi connectivity index (χ2n) is 9.29. The fourth-order valence-electron chi connectivity index (χ4n) is 4.41. The number of imide groups is 1. The molecule has 0 radical (unpaired) electrons. The van der Waals surface area contributed by atoms with E-state index >= 15 is 0 Å². The molecule has 3 rings (SSSR count). The van der Waals surface area contributed by atoms with Crippen LogP contribution >= 0.6 is 11.8 Å². The molecule has 15 heteroatoms. The molecule has 4 amide bonds. The molecule has 0 aromatic heterocycles. The molecule has 0 unspecified atom stereocenters. The third-order valence-corrected chi connectivity index (χ3v) is 9.08. The van der Waals surface area contributed by atoms with Crippen molar-refractivity contribution in [1.82, 2.24) is 10.6 Å². The van der Waals surface area contributed by atoms with Gasteiger partial charge in [0.15, 0.2) is 9.84 Å². The predicted octanol–water partition coefficient (Wildman–Crippen LogP) is 3.71. The van der Waals surface area contributed by atoms with Gasteiger partial charge < -0.3 is 21.5 Å². The first-order valence-electron chi connectivity index (χ1n) is 12.1. The average molecular weight is 603 g/mol. The Hall–Kier alpha value is -3.30. The summed E-state index contributed by atoms with van der Waals surface area (Å²) in [5.41, 5.74) is 4.67. The number of nitrogens with two attached hydrogens (primary N) is 1. The first kappa shape index (κ1) is 31.2. The summed E-state index contributed by atoms with van der Waals surface area (Å²) in [5.74, 6) is -1.39. The zero-order valence-electron chi connectivity index (χ0n) is 21.3. The molecule has 2 aromatic carbocycles. The molecular weight excluding hydrogens is 573 g/mol. The molecule has 40 heavy (non-hydrogen) atoms. The van der Waals surface area contributed by atoms with Crippen molar-refractivity contribution in [3.8, 4) is 0 Å². The van der Waals surface area contributed by atoms with Gasteiger partial charge in [-0.15, -0.1) is 11.8 Å². The monoisotopic (exact) mass is 602 g/mol. The lowest BCUT2D eigenvalue weighted by atomic mass is 9.83. The fourth-order valence-corrected chi connectivity index (χ4v) is 6.52. The van der Waals surface area contributed by atoms with Gasteiger partial charge in [-0.05, 0) is 80.0 Å². The van der Waals surface area contributed by atoms with Gasteiger partial charge in [0.1, 0.15) is 0 Å². The van der Waals surface area contributed by atoms with Gasteiger partial charge in [0.25, 0.3) is 0 Å². The lowest BCUT2D eigenvalue weighted by molar-refractivity contribution is -0.137. The average Bonchev–Trinajstić information content (AvgIpc) is 2.88. The van der Waals surface area contributed by atoms with E-state index in [1.165, 1.54) is 23.9 Å². The number of hydrogen-bond donors (Lipinski definition) is 4. The van der Waals surface area contributed by atoms with Crippen molar-refractivity contribution < 1.29 is 41.1 Å². The molecule has 3 atom stereocenters. The van der Waals surface area contributed by atoms with Gasteiger partial charge in [-0.1, -0.05) is 0 Å². The summed E-state index contributed by atoms with van der Waals surface area (Å²) < 4.78 is 64.5. The Balaban J connectivity index is 1.64. The van der Waals surface area contributed by atoms with E-state index < -0.39 is 58.1 Å². The molecule has 1 fully saturated rings. The Morgan fingerprint density at radius 3 is 2.25 bits per heavy atom. The number of thioether (sulfide) groups is 1. The maximum Gasteiger partial charge on any atom is 0.420 e. The minimum absolute atomic E-state index is 0.162. The van der Waals surface area contributed by atoms with Crippen LogP contribution in [0.15, 0.2) is 58.3 Å². The molecule has 1 aliphatic carbocycles. The minimum atomic E-state index is -4.65. The van der Waals surface area contributed by atoms with Crippen LogP contribution in [-0.2, 0) is 20.8 Å².